The molecule has 1 aliphatic rings. The van der Waals surface area contributed by atoms with Crippen LogP contribution in [0.5, 0.6) is 0 Å². The third-order valence-corrected chi connectivity index (χ3v) is 6.79. The zero-order valence-electron chi connectivity index (χ0n) is 19.5. The summed E-state index contributed by atoms with van der Waals surface area (Å²) in [5.74, 6) is 0.569. The number of benzene rings is 3. The molecule has 180 valence electrons. The van der Waals surface area contributed by atoms with Crippen LogP contribution in [0.2, 0.25) is 5.02 Å². The normalized spacial score (nSPS) is 14.5. The van der Waals surface area contributed by atoms with Gasteiger partial charge in [0.05, 0.1) is 11.6 Å². The fourth-order valence-electron chi connectivity index (χ4n) is 4.75. The van der Waals surface area contributed by atoms with Gasteiger partial charge in [-0.2, -0.15) is 0 Å². The maximum atomic E-state index is 14.3. The Morgan fingerprint density at radius 3 is 2.11 bits per heavy atom. The maximum Gasteiger partial charge on any atom is 0.163 e. The Balaban J connectivity index is 1.21. The zero-order chi connectivity index (χ0) is 24.0. The highest BCUT2D eigenvalue weighted by atomic mass is 35.5. The number of piperazine rings is 1. The van der Waals surface area contributed by atoms with E-state index < -0.39 is 0 Å². The lowest BCUT2D eigenvalue weighted by Gasteiger charge is -2.36. The molecule has 0 atom stereocenters. The quantitative estimate of drug-likeness (QED) is 0.353. The Morgan fingerprint density at radius 2 is 1.49 bits per heavy atom. The van der Waals surface area contributed by atoms with Gasteiger partial charge in [-0.15, -0.1) is 5.10 Å². The molecule has 1 fully saturated rings. The summed E-state index contributed by atoms with van der Waals surface area (Å²) in [5, 5.41) is 13.2. The smallest absolute Gasteiger partial charge is 0.163 e. The van der Waals surface area contributed by atoms with Crippen LogP contribution in [0.4, 0.5) is 10.1 Å². The molecule has 3 aromatic carbocycles. The molecule has 35 heavy (non-hydrogen) atoms. The fraction of sp³-hybridized carbons (Fsp3) is 0.296. The first kappa shape index (κ1) is 23.5. The molecule has 0 aliphatic carbocycles. The van der Waals surface area contributed by atoms with Crippen LogP contribution in [0, 0.1) is 5.82 Å². The van der Waals surface area contributed by atoms with E-state index in [1.165, 1.54) is 17.2 Å². The summed E-state index contributed by atoms with van der Waals surface area (Å²) < 4.78 is 16.2. The molecule has 1 saturated heterocycles. The topological polar surface area (TPSA) is 50.1 Å². The van der Waals surface area contributed by atoms with Gasteiger partial charge in [-0.1, -0.05) is 72.3 Å². The van der Waals surface area contributed by atoms with Crippen molar-refractivity contribution in [2.75, 3.05) is 37.6 Å². The Morgan fingerprint density at radius 1 is 0.829 bits per heavy atom. The standard InChI is InChI=1S/C27H28ClFN6/c28-23-12-13-25(24(29)20-23)34-18-16-33(17-19-34)14-7-15-35-27(30-31-32-35)26(21-8-3-1-4-9-21)22-10-5-2-6-11-22/h1-6,8-13,20,26H,7,14-19H2. The molecule has 4 aromatic rings. The molecular formula is C27H28ClFN6. The number of hydrogen-bond donors (Lipinski definition) is 0. The van der Waals surface area contributed by atoms with Crippen molar-refractivity contribution in [1.82, 2.24) is 25.1 Å². The SMILES string of the molecule is Fc1cc(Cl)ccc1N1CCN(CCCn2nnnc2C(c2ccccc2)c2ccccc2)CC1. The fourth-order valence-corrected chi connectivity index (χ4v) is 4.91. The summed E-state index contributed by atoms with van der Waals surface area (Å²) in [6.07, 6.45) is 0.934. The van der Waals surface area contributed by atoms with Gasteiger partial charge in [0.2, 0.25) is 0 Å². The lowest BCUT2D eigenvalue weighted by Crippen LogP contribution is -2.47. The van der Waals surface area contributed by atoms with E-state index in [0.717, 1.165) is 51.5 Å². The van der Waals surface area contributed by atoms with Crippen molar-refractivity contribution in [3.8, 4) is 0 Å². The van der Waals surface area contributed by atoms with Gasteiger partial charge in [-0.25, -0.2) is 9.07 Å². The van der Waals surface area contributed by atoms with Crippen LogP contribution in [0.1, 0.15) is 29.3 Å². The first-order chi connectivity index (χ1) is 17.2. The molecular weight excluding hydrogens is 463 g/mol. The highest BCUT2D eigenvalue weighted by Gasteiger charge is 2.24. The number of hydrogen-bond acceptors (Lipinski definition) is 5. The van der Waals surface area contributed by atoms with Crippen molar-refractivity contribution in [3.63, 3.8) is 0 Å². The van der Waals surface area contributed by atoms with Crippen LogP contribution < -0.4 is 4.90 Å². The molecule has 0 radical (unpaired) electrons. The number of anilines is 1. The number of halogens is 2. The summed E-state index contributed by atoms with van der Waals surface area (Å²) in [6.45, 7) is 5.04. The van der Waals surface area contributed by atoms with Crippen LogP contribution in [0.25, 0.3) is 0 Å². The third-order valence-electron chi connectivity index (χ3n) is 6.55. The van der Waals surface area contributed by atoms with E-state index in [1.54, 1.807) is 12.1 Å². The van der Waals surface area contributed by atoms with E-state index in [2.05, 4.69) is 73.9 Å². The number of rotatable bonds is 8. The predicted octanol–water partition coefficient (Wildman–Crippen LogP) is 4.86. The number of aromatic nitrogens is 4. The van der Waals surface area contributed by atoms with Crippen molar-refractivity contribution < 1.29 is 4.39 Å². The lowest BCUT2D eigenvalue weighted by molar-refractivity contribution is 0.247. The van der Waals surface area contributed by atoms with Gasteiger partial charge < -0.3 is 4.90 Å². The second-order valence-corrected chi connectivity index (χ2v) is 9.23. The maximum absolute atomic E-state index is 14.3. The lowest BCUT2D eigenvalue weighted by atomic mass is 9.90. The van der Waals surface area contributed by atoms with E-state index in [9.17, 15) is 4.39 Å². The third kappa shape index (κ3) is 5.52. The van der Waals surface area contributed by atoms with E-state index in [-0.39, 0.29) is 11.7 Å². The van der Waals surface area contributed by atoms with Crippen LogP contribution in [0.15, 0.2) is 78.9 Å². The minimum absolute atomic E-state index is 0.0229. The van der Waals surface area contributed by atoms with E-state index in [1.807, 2.05) is 16.8 Å². The molecule has 5 rings (SSSR count). The Kier molecular flexibility index (Phi) is 7.35. The van der Waals surface area contributed by atoms with Crippen LogP contribution in [-0.2, 0) is 6.54 Å². The first-order valence-electron chi connectivity index (χ1n) is 12.0. The average Bonchev–Trinajstić information content (AvgIpc) is 3.34. The van der Waals surface area contributed by atoms with Gasteiger partial charge in [0, 0.05) is 44.3 Å². The van der Waals surface area contributed by atoms with Crippen molar-refractivity contribution in [2.45, 2.75) is 18.9 Å². The highest BCUT2D eigenvalue weighted by molar-refractivity contribution is 6.30. The molecule has 8 heteroatoms. The Hall–Kier alpha value is -3.29. The predicted molar refractivity (Wildman–Crippen MR) is 136 cm³/mol. The molecule has 1 aromatic heterocycles. The van der Waals surface area contributed by atoms with Crippen molar-refractivity contribution >= 4 is 17.3 Å². The minimum atomic E-state index is -0.261. The van der Waals surface area contributed by atoms with Crippen molar-refractivity contribution in [2.24, 2.45) is 0 Å². The summed E-state index contributed by atoms with van der Waals surface area (Å²) in [4.78, 5) is 4.51. The Bertz CT molecular complexity index is 1190. The van der Waals surface area contributed by atoms with Crippen LogP contribution >= 0.6 is 11.6 Å². The molecule has 2 heterocycles. The van der Waals surface area contributed by atoms with Gasteiger partial charge >= 0.3 is 0 Å². The van der Waals surface area contributed by atoms with E-state index in [0.29, 0.717) is 10.7 Å². The second kappa shape index (κ2) is 11.0. The molecule has 0 amide bonds. The number of nitrogens with zero attached hydrogens (tertiary/aromatic N) is 6. The molecule has 0 unspecified atom stereocenters. The second-order valence-electron chi connectivity index (χ2n) is 8.79. The van der Waals surface area contributed by atoms with Gasteiger partial charge in [0.25, 0.3) is 0 Å². The van der Waals surface area contributed by atoms with Crippen molar-refractivity contribution in [3.05, 3.63) is 107 Å². The number of tetrazole rings is 1. The van der Waals surface area contributed by atoms with Gasteiger partial charge in [0.15, 0.2) is 5.82 Å². The summed E-state index contributed by atoms with van der Waals surface area (Å²) in [5.41, 5.74) is 2.96. The molecule has 6 nitrogen and oxygen atoms in total. The first-order valence-corrected chi connectivity index (χ1v) is 12.3. The molecule has 0 bridgehead atoms. The van der Waals surface area contributed by atoms with Gasteiger partial charge in [0.1, 0.15) is 5.82 Å². The Labute approximate surface area is 209 Å². The van der Waals surface area contributed by atoms with Gasteiger partial charge in [-0.05, 0) is 46.2 Å². The molecule has 0 saturated carbocycles. The summed E-state index contributed by atoms with van der Waals surface area (Å²) in [6, 6.07) is 25.6. The average molecular weight is 491 g/mol. The summed E-state index contributed by atoms with van der Waals surface area (Å²) >= 11 is 5.90. The molecule has 0 spiro atoms. The van der Waals surface area contributed by atoms with Crippen LogP contribution in [-0.4, -0.2) is 57.8 Å². The van der Waals surface area contributed by atoms with Crippen LogP contribution in [0.3, 0.4) is 0 Å². The molecule has 1 aliphatic heterocycles. The molecule has 0 N–H and O–H groups in total. The van der Waals surface area contributed by atoms with Gasteiger partial charge in [-0.3, -0.25) is 4.90 Å². The monoisotopic (exact) mass is 490 g/mol. The zero-order valence-corrected chi connectivity index (χ0v) is 20.2. The number of aryl methyl sites for hydroxylation is 1. The largest absolute Gasteiger partial charge is 0.367 e. The van der Waals surface area contributed by atoms with E-state index >= 15 is 0 Å². The van der Waals surface area contributed by atoms with Crippen molar-refractivity contribution in [1.29, 1.82) is 0 Å². The minimum Gasteiger partial charge on any atom is -0.367 e. The highest BCUT2D eigenvalue weighted by Crippen LogP contribution is 2.30. The van der Waals surface area contributed by atoms with E-state index in [4.69, 9.17) is 11.6 Å². The summed E-state index contributed by atoms with van der Waals surface area (Å²) in [7, 11) is 0.